The first-order valence-electron chi connectivity index (χ1n) is 4.93. The van der Waals surface area contributed by atoms with E-state index in [1.54, 1.807) is 18.5 Å². The number of benzene rings is 1. The van der Waals surface area contributed by atoms with Gasteiger partial charge in [0, 0.05) is 18.3 Å². The lowest BCUT2D eigenvalue weighted by Gasteiger charge is -2.12. The van der Waals surface area contributed by atoms with E-state index in [-0.39, 0.29) is 11.7 Å². The summed E-state index contributed by atoms with van der Waals surface area (Å²) in [6.45, 7) is 1.99. The smallest absolute Gasteiger partial charge is 0.127 e. The number of halogens is 1. The number of nitrogens with zero attached hydrogens (tertiary/aromatic N) is 1. The van der Waals surface area contributed by atoms with Crippen LogP contribution in [0.4, 0.5) is 4.39 Å². The lowest BCUT2D eigenvalue weighted by Crippen LogP contribution is -1.98. The van der Waals surface area contributed by atoms with E-state index in [9.17, 15) is 4.39 Å². The summed E-state index contributed by atoms with van der Waals surface area (Å²) in [6, 6.07) is 10.7. The molecule has 0 aliphatic heterocycles. The van der Waals surface area contributed by atoms with Crippen molar-refractivity contribution in [3.8, 4) is 0 Å². The molecule has 0 bridgehead atoms. The molecule has 1 nitrogen and oxygen atoms in total. The molecule has 76 valence electrons. The van der Waals surface area contributed by atoms with Gasteiger partial charge in [0.05, 0.1) is 0 Å². The van der Waals surface area contributed by atoms with Crippen LogP contribution in [0.1, 0.15) is 24.0 Å². The van der Waals surface area contributed by atoms with Gasteiger partial charge in [-0.05, 0) is 29.3 Å². The maximum atomic E-state index is 13.5. The Labute approximate surface area is 88.6 Å². The summed E-state index contributed by atoms with van der Waals surface area (Å²) in [6.07, 6.45) is 3.46. The monoisotopic (exact) mass is 201 g/mol. The summed E-state index contributed by atoms with van der Waals surface area (Å²) in [5.41, 5.74) is 1.80. The van der Waals surface area contributed by atoms with Crippen LogP contribution in [0.25, 0.3) is 0 Å². The first-order valence-corrected chi connectivity index (χ1v) is 4.93. The van der Waals surface area contributed by atoms with Crippen LogP contribution in [-0.4, -0.2) is 4.98 Å². The standard InChI is InChI=1S/C13H12FN/c1-10(11-6-8-15-9-7-11)12-4-2-3-5-13(12)14/h2-10H,1H3/t10-/m1/s1. The molecule has 2 heteroatoms. The minimum absolute atomic E-state index is 0.0641. The maximum absolute atomic E-state index is 13.5. The Balaban J connectivity index is 2.37. The molecule has 0 unspecified atom stereocenters. The van der Waals surface area contributed by atoms with Gasteiger partial charge in [0.25, 0.3) is 0 Å². The van der Waals surface area contributed by atoms with E-state index < -0.39 is 0 Å². The minimum atomic E-state index is -0.151. The fourth-order valence-electron chi connectivity index (χ4n) is 1.66. The second-order valence-electron chi connectivity index (χ2n) is 3.52. The molecule has 0 fully saturated rings. The molecule has 0 N–H and O–H groups in total. The molecule has 1 aromatic carbocycles. The molecule has 1 heterocycles. The maximum Gasteiger partial charge on any atom is 0.127 e. The predicted octanol–water partition coefficient (Wildman–Crippen LogP) is 3.37. The minimum Gasteiger partial charge on any atom is -0.265 e. The molecule has 0 aliphatic rings. The second kappa shape index (κ2) is 4.22. The zero-order chi connectivity index (χ0) is 10.7. The molecule has 15 heavy (non-hydrogen) atoms. The molecule has 0 saturated carbocycles. The van der Waals surface area contributed by atoms with E-state index in [1.165, 1.54) is 6.07 Å². The SMILES string of the molecule is C[C@H](c1ccncc1)c1ccccc1F. The first kappa shape index (κ1) is 9.84. The number of pyridine rings is 1. The molecule has 0 amide bonds. The highest BCUT2D eigenvalue weighted by atomic mass is 19.1. The van der Waals surface area contributed by atoms with E-state index in [0.29, 0.717) is 0 Å². The van der Waals surface area contributed by atoms with Gasteiger partial charge in [-0.15, -0.1) is 0 Å². The summed E-state index contributed by atoms with van der Waals surface area (Å²) in [4.78, 5) is 3.95. The average Bonchev–Trinajstić information content (AvgIpc) is 2.30. The van der Waals surface area contributed by atoms with Crippen LogP contribution in [0, 0.1) is 5.82 Å². The van der Waals surface area contributed by atoms with Crippen molar-refractivity contribution in [1.82, 2.24) is 4.98 Å². The largest absolute Gasteiger partial charge is 0.265 e. The summed E-state index contributed by atoms with van der Waals surface area (Å²) < 4.78 is 13.5. The van der Waals surface area contributed by atoms with E-state index in [1.807, 2.05) is 31.2 Å². The van der Waals surface area contributed by atoms with Crippen LogP contribution in [0.15, 0.2) is 48.8 Å². The summed E-state index contributed by atoms with van der Waals surface area (Å²) in [5.74, 6) is -0.0870. The number of aromatic nitrogens is 1. The van der Waals surface area contributed by atoms with Gasteiger partial charge in [0.2, 0.25) is 0 Å². The van der Waals surface area contributed by atoms with Gasteiger partial charge in [-0.1, -0.05) is 25.1 Å². The third-order valence-corrected chi connectivity index (χ3v) is 2.58. The van der Waals surface area contributed by atoms with Crippen molar-refractivity contribution >= 4 is 0 Å². The predicted molar refractivity (Wildman–Crippen MR) is 58.2 cm³/mol. The highest BCUT2D eigenvalue weighted by Crippen LogP contribution is 2.25. The fourth-order valence-corrected chi connectivity index (χ4v) is 1.66. The Kier molecular flexibility index (Phi) is 2.77. The molecule has 0 saturated heterocycles. The average molecular weight is 201 g/mol. The van der Waals surface area contributed by atoms with Crippen molar-refractivity contribution < 1.29 is 4.39 Å². The Hall–Kier alpha value is -1.70. The molecular weight excluding hydrogens is 189 g/mol. The topological polar surface area (TPSA) is 12.9 Å². The van der Waals surface area contributed by atoms with Gasteiger partial charge >= 0.3 is 0 Å². The van der Waals surface area contributed by atoms with Gasteiger partial charge in [-0.25, -0.2) is 4.39 Å². The Bertz CT molecular complexity index is 439. The van der Waals surface area contributed by atoms with Crippen LogP contribution in [0.5, 0.6) is 0 Å². The van der Waals surface area contributed by atoms with E-state index in [2.05, 4.69) is 4.98 Å². The van der Waals surface area contributed by atoms with Crippen LogP contribution in [0.3, 0.4) is 0 Å². The van der Waals surface area contributed by atoms with E-state index in [0.717, 1.165) is 11.1 Å². The first-order chi connectivity index (χ1) is 7.29. The zero-order valence-electron chi connectivity index (χ0n) is 8.52. The van der Waals surface area contributed by atoms with Crippen molar-refractivity contribution in [2.75, 3.05) is 0 Å². The molecular formula is C13H12FN. The number of rotatable bonds is 2. The number of hydrogen-bond acceptors (Lipinski definition) is 1. The Morgan fingerprint density at radius 1 is 1.07 bits per heavy atom. The molecule has 2 rings (SSSR count). The lowest BCUT2D eigenvalue weighted by molar-refractivity contribution is 0.603. The summed E-state index contributed by atoms with van der Waals surface area (Å²) in [5, 5.41) is 0. The highest BCUT2D eigenvalue weighted by molar-refractivity contribution is 5.31. The molecule has 0 spiro atoms. The molecule has 1 aromatic heterocycles. The fraction of sp³-hybridized carbons (Fsp3) is 0.154. The van der Waals surface area contributed by atoms with E-state index >= 15 is 0 Å². The van der Waals surface area contributed by atoms with E-state index in [4.69, 9.17) is 0 Å². The third-order valence-electron chi connectivity index (χ3n) is 2.58. The Morgan fingerprint density at radius 2 is 1.73 bits per heavy atom. The van der Waals surface area contributed by atoms with Crippen molar-refractivity contribution in [1.29, 1.82) is 0 Å². The second-order valence-corrected chi connectivity index (χ2v) is 3.52. The Morgan fingerprint density at radius 3 is 2.40 bits per heavy atom. The van der Waals surface area contributed by atoms with Crippen LogP contribution in [0.2, 0.25) is 0 Å². The number of hydrogen-bond donors (Lipinski definition) is 0. The molecule has 0 aliphatic carbocycles. The van der Waals surface area contributed by atoms with Gasteiger partial charge in [0.1, 0.15) is 5.82 Å². The molecule has 1 atom stereocenters. The molecule has 2 aromatic rings. The summed E-state index contributed by atoms with van der Waals surface area (Å²) >= 11 is 0. The van der Waals surface area contributed by atoms with Crippen molar-refractivity contribution in [2.24, 2.45) is 0 Å². The third kappa shape index (κ3) is 2.04. The molecule has 0 radical (unpaired) electrons. The van der Waals surface area contributed by atoms with Crippen LogP contribution >= 0.6 is 0 Å². The zero-order valence-corrected chi connectivity index (χ0v) is 8.52. The van der Waals surface area contributed by atoms with Gasteiger partial charge < -0.3 is 0 Å². The van der Waals surface area contributed by atoms with Gasteiger partial charge in [0.15, 0.2) is 0 Å². The quantitative estimate of drug-likeness (QED) is 0.725. The lowest BCUT2D eigenvalue weighted by atomic mass is 9.94. The van der Waals surface area contributed by atoms with Crippen molar-refractivity contribution in [2.45, 2.75) is 12.8 Å². The normalized spacial score (nSPS) is 12.4. The van der Waals surface area contributed by atoms with Crippen molar-refractivity contribution in [3.63, 3.8) is 0 Å². The summed E-state index contributed by atoms with van der Waals surface area (Å²) in [7, 11) is 0. The van der Waals surface area contributed by atoms with Crippen molar-refractivity contribution in [3.05, 3.63) is 65.7 Å². The van der Waals surface area contributed by atoms with Gasteiger partial charge in [-0.3, -0.25) is 4.98 Å². The van der Waals surface area contributed by atoms with Crippen LogP contribution in [-0.2, 0) is 0 Å². The highest BCUT2D eigenvalue weighted by Gasteiger charge is 2.11. The van der Waals surface area contributed by atoms with Crippen LogP contribution < -0.4 is 0 Å². The van der Waals surface area contributed by atoms with Gasteiger partial charge in [-0.2, -0.15) is 0 Å².